The Hall–Kier alpha value is -2.51. The lowest BCUT2D eigenvalue weighted by Gasteiger charge is -2.43. The van der Waals surface area contributed by atoms with Crippen molar-refractivity contribution in [1.29, 1.82) is 0 Å². The summed E-state index contributed by atoms with van der Waals surface area (Å²) in [6.07, 6.45) is 10.2. The molecule has 6 nitrogen and oxygen atoms in total. The van der Waals surface area contributed by atoms with Gasteiger partial charge in [-0.05, 0) is 43.0 Å². The van der Waals surface area contributed by atoms with Gasteiger partial charge in [0, 0.05) is 69.6 Å². The van der Waals surface area contributed by atoms with Gasteiger partial charge in [-0.1, -0.05) is 24.1 Å². The first-order chi connectivity index (χ1) is 16.1. The van der Waals surface area contributed by atoms with Crippen LogP contribution in [0.5, 0.6) is 0 Å². The quantitative estimate of drug-likeness (QED) is 0.640. The predicted molar refractivity (Wildman–Crippen MR) is 128 cm³/mol. The number of aromatic nitrogens is 2. The summed E-state index contributed by atoms with van der Waals surface area (Å²) in [6, 6.07) is 5.28. The molecule has 8 heteroatoms. The Kier molecular flexibility index (Phi) is 6.60. The van der Waals surface area contributed by atoms with E-state index < -0.39 is 5.82 Å². The highest BCUT2D eigenvalue weighted by Crippen LogP contribution is 2.26. The van der Waals surface area contributed by atoms with E-state index in [1.165, 1.54) is 37.5 Å². The molecule has 3 heterocycles. The lowest BCUT2D eigenvalue weighted by atomic mass is 9.91. The number of piperazine rings is 1. The fourth-order valence-corrected chi connectivity index (χ4v) is 5.03. The molecule has 2 aliphatic heterocycles. The molecular weight excluding hydrogens is 441 g/mol. The number of carbonyl (C=O) groups excluding carboxylic acids is 1. The molecule has 33 heavy (non-hydrogen) atoms. The lowest BCUT2D eigenvalue weighted by Crippen LogP contribution is -2.52. The molecule has 0 atom stereocenters. The number of amides is 1. The predicted octanol–water partition coefficient (Wildman–Crippen LogP) is 3.58. The minimum absolute atomic E-state index is 0.151. The maximum Gasteiger partial charge on any atom is 0.246 e. The molecular formula is C25H29ClFN5O. The number of rotatable bonds is 4. The molecule has 1 aromatic heterocycles. The number of hydrogen-bond acceptors (Lipinski definition) is 5. The Balaban J connectivity index is 1.21. The molecule has 2 aromatic rings. The molecule has 2 fully saturated rings. The van der Waals surface area contributed by atoms with Crippen LogP contribution in [-0.4, -0.2) is 71.0 Å². The smallest absolute Gasteiger partial charge is 0.246 e. The number of fused-ring (bicyclic) bond motifs is 1. The molecule has 1 amide bonds. The summed E-state index contributed by atoms with van der Waals surface area (Å²) in [5.74, 6) is 0.212. The van der Waals surface area contributed by atoms with Crippen LogP contribution in [0.15, 0.2) is 30.5 Å². The summed E-state index contributed by atoms with van der Waals surface area (Å²) in [5, 5.41) is 0.290. The van der Waals surface area contributed by atoms with Crippen molar-refractivity contribution in [2.24, 2.45) is 0 Å². The largest absolute Gasteiger partial charge is 0.338 e. The maximum atomic E-state index is 14.0. The van der Waals surface area contributed by atoms with Gasteiger partial charge in [0.2, 0.25) is 11.9 Å². The van der Waals surface area contributed by atoms with E-state index in [1.807, 2.05) is 6.20 Å². The highest BCUT2D eigenvalue weighted by atomic mass is 35.5. The van der Waals surface area contributed by atoms with Crippen LogP contribution in [0.1, 0.15) is 36.1 Å². The molecule has 1 aliphatic carbocycles. The van der Waals surface area contributed by atoms with E-state index in [0.29, 0.717) is 31.0 Å². The Bertz CT molecular complexity index is 1030. The van der Waals surface area contributed by atoms with E-state index in [1.54, 1.807) is 17.0 Å². The van der Waals surface area contributed by atoms with Crippen LogP contribution in [0.25, 0.3) is 6.08 Å². The highest BCUT2D eigenvalue weighted by molar-refractivity contribution is 6.32. The molecule has 1 aromatic carbocycles. The van der Waals surface area contributed by atoms with E-state index in [2.05, 4.69) is 14.8 Å². The molecule has 1 saturated carbocycles. The molecule has 174 valence electrons. The van der Waals surface area contributed by atoms with Crippen LogP contribution in [0.2, 0.25) is 5.02 Å². The molecule has 0 radical (unpaired) electrons. The highest BCUT2D eigenvalue weighted by Gasteiger charge is 2.29. The first-order valence-corrected chi connectivity index (χ1v) is 12.2. The second-order valence-corrected chi connectivity index (χ2v) is 9.45. The van der Waals surface area contributed by atoms with Crippen molar-refractivity contribution < 1.29 is 9.18 Å². The van der Waals surface area contributed by atoms with Gasteiger partial charge in [-0.25, -0.2) is 14.4 Å². The number of benzene rings is 1. The van der Waals surface area contributed by atoms with Gasteiger partial charge in [0.25, 0.3) is 0 Å². The van der Waals surface area contributed by atoms with Crippen molar-refractivity contribution in [1.82, 2.24) is 19.8 Å². The molecule has 5 rings (SSSR count). The molecule has 0 unspecified atom stereocenters. The zero-order valence-corrected chi connectivity index (χ0v) is 19.5. The van der Waals surface area contributed by atoms with Crippen LogP contribution in [-0.2, 0) is 17.6 Å². The van der Waals surface area contributed by atoms with Gasteiger partial charge in [-0.3, -0.25) is 9.69 Å². The third kappa shape index (κ3) is 4.89. The van der Waals surface area contributed by atoms with E-state index in [4.69, 9.17) is 16.6 Å². The molecule has 0 N–H and O–H groups in total. The minimum Gasteiger partial charge on any atom is -0.338 e. The zero-order chi connectivity index (χ0) is 22.8. The average molecular weight is 470 g/mol. The monoisotopic (exact) mass is 469 g/mol. The second kappa shape index (κ2) is 9.77. The van der Waals surface area contributed by atoms with Crippen LogP contribution in [0.3, 0.4) is 0 Å². The number of halogens is 2. The van der Waals surface area contributed by atoms with Gasteiger partial charge in [0.15, 0.2) is 0 Å². The van der Waals surface area contributed by atoms with Gasteiger partial charge in [0.05, 0.1) is 10.7 Å². The molecule has 0 spiro atoms. The van der Waals surface area contributed by atoms with Crippen molar-refractivity contribution in [3.63, 3.8) is 0 Å². The van der Waals surface area contributed by atoms with E-state index >= 15 is 0 Å². The molecule has 3 aliphatic rings. The average Bonchev–Trinajstić information content (AvgIpc) is 3.00. The fourth-order valence-electron chi connectivity index (χ4n) is 4.81. The normalized spacial score (nSPS) is 19.9. The van der Waals surface area contributed by atoms with Crippen molar-refractivity contribution in [3.05, 3.63) is 58.1 Å². The number of hydrogen-bond donors (Lipinski definition) is 0. The second-order valence-electron chi connectivity index (χ2n) is 9.04. The summed E-state index contributed by atoms with van der Waals surface area (Å²) in [4.78, 5) is 29.0. The van der Waals surface area contributed by atoms with Crippen LogP contribution >= 0.6 is 11.6 Å². The zero-order valence-electron chi connectivity index (χ0n) is 18.7. The third-order valence-corrected chi connectivity index (χ3v) is 7.43. The first-order valence-electron chi connectivity index (χ1n) is 11.8. The SMILES string of the molecule is O=C(/C=C/c1c(F)cccc1Cl)N1CCc2cnc(N3CCN(C4CCC4)CC3)nc2CC1. The number of anilines is 1. The summed E-state index contributed by atoms with van der Waals surface area (Å²) >= 11 is 6.06. The van der Waals surface area contributed by atoms with Crippen molar-refractivity contribution in [2.75, 3.05) is 44.2 Å². The summed E-state index contributed by atoms with van der Waals surface area (Å²) in [6.45, 7) is 5.24. The summed E-state index contributed by atoms with van der Waals surface area (Å²) in [7, 11) is 0. The standard InChI is InChI=1S/C25H29ClFN5O/c26-21-5-2-6-22(27)20(21)7-8-24(33)31-11-9-18-17-28-25(29-23(18)10-12-31)32-15-13-30(14-16-32)19-3-1-4-19/h2,5-8,17,19H,1,3-4,9-16H2/b8-7+. The van der Waals surface area contributed by atoms with Gasteiger partial charge in [0.1, 0.15) is 5.82 Å². The Morgan fingerprint density at radius 1 is 1.09 bits per heavy atom. The van der Waals surface area contributed by atoms with Crippen molar-refractivity contribution >= 4 is 29.5 Å². The van der Waals surface area contributed by atoms with Gasteiger partial charge < -0.3 is 9.80 Å². The van der Waals surface area contributed by atoms with Crippen molar-refractivity contribution in [2.45, 2.75) is 38.1 Å². The number of carbonyl (C=O) groups is 1. The van der Waals surface area contributed by atoms with E-state index in [9.17, 15) is 9.18 Å². The Morgan fingerprint density at radius 2 is 1.88 bits per heavy atom. The van der Waals surface area contributed by atoms with Gasteiger partial charge in [-0.15, -0.1) is 0 Å². The topological polar surface area (TPSA) is 52.6 Å². The molecule has 1 saturated heterocycles. The summed E-state index contributed by atoms with van der Waals surface area (Å²) < 4.78 is 14.0. The van der Waals surface area contributed by atoms with Crippen LogP contribution < -0.4 is 4.90 Å². The molecule has 0 bridgehead atoms. The number of nitrogens with zero attached hydrogens (tertiary/aromatic N) is 5. The van der Waals surface area contributed by atoms with Gasteiger partial charge in [-0.2, -0.15) is 0 Å². The lowest BCUT2D eigenvalue weighted by molar-refractivity contribution is -0.125. The summed E-state index contributed by atoms with van der Waals surface area (Å²) in [5.41, 5.74) is 2.36. The third-order valence-electron chi connectivity index (χ3n) is 7.10. The van der Waals surface area contributed by atoms with E-state index in [0.717, 1.165) is 49.4 Å². The van der Waals surface area contributed by atoms with Gasteiger partial charge >= 0.3 is 0 Å². The minimum atomic E-state index is -0.439. The van der Waals surface area contributed by atoms with Crippen molar-refractivity contribution in [3.8, 4) is 0 Å². The van der Waals surface area contributed by atoms with Crippen LogP contribution in [0, 0.1) is 5.82 Å². The Morgan fingerprint density at radius 3 is 2.61 bits per heavy atom. The van der Waals surface area contributed by atoms with Crippen LogP contribution in [0.4, 0.5) is 10.3 Å². The Labute approximate surface area is 199 Å². The van der Waals surface area contributed by atoms with E-state index in [-0.39, 0.29) is 11.5 Å². The maximum absolute atomic E-state index is 14.0. The fraction of sp³-hybridized carbons (Fsp3) is 0.480. The first kappa shape index (κ1) is 22.3.